The second-order valence-corrected chi connectivity index (χ2v) is 9.63. The quantitative estimate of drug-likeness (QED) is 0.512. The predicted molar refractivity (Wildman–Crippen MR) is 125 cm³/mol. The van der Waals surface area contributed by atoms with Gasteiger partial charge in [0.25, 0.3) is 0 Å². The topological polar surface area (TPSA) is 75.7 Å². The highest BCUT2D eigenvalue weighted by molar-refractivity contribution is 7.92. The highest BCUT2D eigenvalue weighted by Gasteiger charge is 2.20. The molecule has 0 unspecified atom stereocenters. The fourth-order valence-corrected chi connectivity index (χ4v) is 4.08. The summed E-state index contributed by atoms with van der Waals surface area (Å²) < 4.78 is 31.3. The fraction of sp³-hybridized carbons (Fsp3) is 0.292. The number of sulfonamides is 1. The van der Waals surface area contributed by atoms with Gasteiger partial charge >= 0.3 is 0 Å². The van der Waals surface area contributed by atoms with E-state index in [2.05, 4.69) is 19.2 Å². The van der Waals surface area contributed by atoms with Crippen molar-refractivity contribution in [3.8, 4) is 5.75 Å². The Bertz CT molecular complexity index is 1140. The third-order valence-electron chi connectivity index (χ3n) is 4.95. The first-order valence-corrected chi connectivity index (χ1v) is 12.0. The van der Waals surface area contributed by atoms with E-state index in [1.54, 1.807) is 12.1 Å². The number of anilines is 1. The number of carbonyl (C=O) groups excluding carboxylic acids is 1. The molecule has 0 heterocycles. The SMILES string of the molecule is CC(C)c1ccc(N(CC(=O)NCCOc2ccc3ccccc3c2)S(C)(=O)=O)cc1. The van der Waals surface area contributed by atoms with Gasteiger partial charge in [-0.1, -0.05) is 56.3 Å². The normalized spacial score (nSPS) is 11.5. The van der Waals surface area contributed by atoms with Gasteiger partial charge in [-0.05, 0) is 46.5 Å². The lowest BCUT2D eigenvalue weighted by molar-refractivity contribution is -0.119. The van der Waals surface area contributed by atoms with Crippen LogP contribution in [0.2, 0.25) is 0 Å². The summed E-state index contributed by atoms with van der Waals surface area (Å²) in [5.74, 6) is 0.670. The minimum Gasteiger partial charge on any atom is -0.492 e. The lowest BCUT2D eigenvalue weighted by Crippen LogP contribution is -2.41. The van der Waals surface area contributed by atoms with E-state index in [1.807, 2.05) is 54.6 Å². The van der Waals surface area contributed by atoms with E-state index in [4.69, 9.17) is 4.74 Å². The largest absolute Gasteiger partial charge is 0.492 e. The van der Waals surface area contributed by atoms with Gasteiger partial charge in [0.15, 0.2) is 0 Å². The number of fused-ring (bicyclic) bond motifs is 1. The Morgan fingerprint density at radius 1 is 1.00 bits per heavy atom. The number of hydrogen-bond donors (Lipinski definition) is 1. The van der Waals surface area contributed by atoms with Crippen LogP contribution in [0.1, 0.15) is 25.3 Å². The maximum absolute atomic E-state index is 12.4. The lowest BCUT2D eigenvalue weighted by Gasteiger charge is -2.22. The summed E-state index contributed by atoms with van der Waals surface area (Å²) in [5.41, 5.74) is 1.57. The Kier molecular flexibility index (Phi) is 7.17. The van der Waals surface area contributed by atoms with E-state index in [0.717, 1.165) is 32.6 Å². The Hall–Kier alpha value is -3.06. The van der Waals surface area contributed by atoms with Gasteiger partial charge in [-0.15, -0.1) is 0 Å². The summed E-state index contributed by atoms with van der Waals surface area (Å²) in [7, 11) is -3.60. The van der Waals surface area contributed by atoms with Crippen LogP contribution in [0.4, 0.5) is 5.69 Å². The number of nitrogens with zero attached hydrogens (tertiary/aromatic N) is 1. The van der Waals surface area contributed by atoms with Gasteiger partial charge < -0.3 is 10.1 Å². The van der Waals surface area contributed by atoms with Crippen molar-refractivity contribution in [3.05, 3.63) is 72.3 Å². The van der Waals surface area contributed by atoms with Crippen molar-refractivity contribution in [1.29, 1.82) is 0 Å². The van der Waals surface area contributed by atoms with Crippen LogP contribution in [0.15, 0.2) is 66.7 Å². The van der Waals surface area contributed by atoms with Gasteiger partial charge in [0, 0.05) is 0 Å². The Morgan fingerprint density at radius 3 is 2.32 bits per heavy atom. The first-order chi connectivity index (χ1) is 14.7. The predicted octanol–water partition coefficient (Wildman–Crippen LogP) is 3.92. The number of rotatable bonds is 9. The lowest BCUT2D eigenvalue weighted by atomic mass is 10.0. The van der Waals surface area contributed by atoms with Gasteiger partial charge in [0.2, 0.25) is 15.9 Å². The molecule has 0 saturated carbocycles. The molecule has 0 fully saturated rings. The van der Waals surface area contributed by atoms with Crippen LogP contribution in [-0.2, 0) is 14.8 Å². The molecule has 1 amide bonds. The summed E-state index contributed by atoms with van der Waals surface area (Å²) in [6.45, 7) is 4.41. The van der Waals surface area contributed by atoms with Gasteiger partial charge in [-0.25, -0.2) is 8.42 Å². The third-order valence-corrected chi connectivity index (χ3v) is 6.09. The van der Waals surface area contributed by atoms with E-state index in [1.165, 1.54) is 0 Å². The van der Waals surface area contributed by atoms with Crippen LogP contribution >= 0.6 is 0 Å². The van der Waals surface area contributed by atoms with Gasteiger partial charge in [-0.2, -0.15) is 0 Å². The Morgan fingerprint density at radius 2 is 1.68 bits per heavy atom. The molecule has 6 nitrogen and oxygen atoms in total. The highest BCUT2D eigenvalue weighted by Crippen LogP contribution is 2.22. The van der Waals surface area contributed by atoms with E-state index in [-0.39, 0.29) is 25.6 Å². The summed E-state index contributed by atoms with van der Waals surface area (Å²) in [6.07, 6.45) is 1.10. The second kappa shape index (κ2) is 9.83. The van der Waals surface area contributed by atoms with E-state index >= 15 is 0 Å². The number of benzene rings is 3. The molecule has 0 aliphatic rings. The van der Waals surface area contributed by atoms with Crippen molar-refractivity contribution < 1.29 is 17.9 Å². The first-order valence-electron chi connectivity index (χ1n) is 10.2. The maximum atomic E-state index is 12.4. The van der Waals surface area contributed by atoms with Crippen LogP contribution < -0.4 is 14.4 Å². The van der Waals surface area contributed by atoms with Gasteiger partial charge in [0.1, 0.15) is 18.9 Å². The number of ether oxygens (including phenoxy) is 1. The van der Waals surface area contributed by atoms with Crippen LogP contribution in [-0.4, -0.2) is 40.3 Å². The molecule has 0 aliphatic carbocycles. The van der Waals surface area contributed by atoms with E-state index in [0.29, 0.717) is 11.6 Å². The second-order valence-electron chi connectivity index (χ2n) is 7.72. The highest BCUT2D eigenvalue weighted by atomic mass is 32.2. The average molecular weight is 441 g/mol. The molecule has 164 valence electrons. The maximum Gasteiger partial charge on any atom is 0.240 e. The van der Waals surface area contributed by atoms with Crippen molar-refractivity contribution in [2.45, 2.75) is 19.8 Å². The van der Waals surface area contributed by atoms with Crippen LogP contribution in [0.3, 0.4) is 0 Å². The molecule has 0 saturated heterocycles. The molecule has 0 aliphatic heterocycles. The number of carbonyl (C=O) groups is 1. The molecule has 0 spiro atoms. The zero-order valence-corrected chi connectivity index (χ0v) is 18.9. The van der Waals surface area contributed by atoms with Crippen molar-refractivity contribution in [1.82, 2.24) is 5.32 Å². The Labute approximate surface area is 183 Å². The van der Waals surface area contributed by atoms with E-state index < -0.39 is 10.0 Å². The van der Waals surface area contributed by atoms with Gasteiger partial charge in [0.05, 0.1) is 18.5 Å². The zero-order chi connectivity index (χ0) is 22.4. The fourth-order valence-electron chi connectivity index (χ4n) is 3.23. The van der Waals surface area contributed by atoms with Crippen LogP contribution in [0, 0.1) is 0 Å². The summed E-state index contributed by atoms with van der Waals surface area (Å²) in [5, 5.41) is 4.93. The molecule has 3 rings (SSSR count). The molecule has 0 atom stereocenters. The molecular formula is C24H28N2O4S. The molecule has 1 N–H and O–H groups in total. The number of amides is 1. The smallest absolute Gasteiger partial charge is 0.240 e. The molecule has 31 heavy (non-hydrogen) atoms. The summed E-state index contributed by atoms with van der Waals surface area (Å²) in [6, 6.07) is 21.0. The van der Waals surface area contributed by atoms with Crippen molar-refractivity contribution >= 4 is 32.4 Å². The van der Waals surface area contributed by atoms with E-state index in [9.17, 15) is 13.2 Å². The summed E-state index contributed by atoms with van der Waals surface area (Å²) >= 11 is 0. The van der Waals surface area contributed by atoms with Crippen LogP contribution in [0.5, 0.6) is 5.75 Å². The van der Waals surface area contributed by atoms with Gasteiger partial charge in [-0.3, -0.25) is 9.10 Å². The minimum absolute atomic E-state index is 0.273. The first kappa shape index (κ1) is 22.6. The number of hydrogen-bond acceptors (Lipinski definition) is 4. The van der Waals surface area contributed by atoms with Crippen molar-refractivity contribution in [2.24, 2.45) is 0 Å². The molecular weight excluding hydrogens is 412 g/mol. The average Bonchev–Trinajstić information content (AvgIpc) is 2.74. The minimum atomic E-state index is -3.60. The number of nitrogens with one attached hydrogen (secondary N) is 1. The Balaban J connectivity index is 1.54. The molecule has 7 heteroatoms. The van der Waals surface area contributed by atoms with Crippen LogP contribution in [0.25, 0.3) is 10.8 Å². The molecule has 0 radical (unpaired) electrons. The zero-order valence-electron chi connectivity index (χ0n) is 18.0. The van der Waals surface area contributed by atoms with Crippen molar-refractivity contribution in [3.63, 3.8) is 0 Å². The standard InChI is InChI=1S/C24H28N2O4S/c1-18(2)19-8-11-22(12-9-19)26(31(3,28)29)17-24(27)25-14-15-30-23-13-10-20-6-4-5-7-21(20)16-23/h4-13,16,18H,14-15,17H2,1-3H3,(H,25,27). The molecule has 3 aromatic rings. The monoisotopic (exact) mass is 440 g/mol. The molecule has 0 aromatic heterocycles. The summed E-state index contributed by atoms with van der Waals surface area (Å²) in [4.78, 5) is 12.4. The van der Waals surface area contributed by atoms with Crippen molar-refractivity contribution in [2.75, 3.05) is 30.3 Å². The molecule has 0 bridgehead atoms. The third kappa shape index (κ3) is 6.21. The molecule has 3 aromatic carbocycles.